The quantitative estimate of drug-likeness (QED) is 0.295. The third-order valence-corrected chi connectivity index (χ3v) is 6.62. The van der Waals surface area contributed by atoms with Gasteiger partial charge in [0.25, 0.3) is 0 Å². The molecule has 212 valence electrons. The number of rotatable bonds is 9. The Kier molecular flexibility index (Phi) is 11.1. The molecule has 9 nitrogen and oxygen atoms in total. The minimum Gasteiger partial charge on any atom is -0.352 e. The van der Waals surface area contributed by atoms with Gasteiger partial charge in [-0.15, -0.1) is 0 Å². The van der Waals surface area contributed by atoms with Gasteiger partial charge in [-0.2, -0.15) is 0 Å². The molecule has 0 saturated carbocycles. The summed E-state index contributed by atoms with van der Waals surface area (Å²) in [5, 5.41) is 14.2. The van der Waals surface area contributed by atoms with Crippen LogP contribution in [0.1, 0.15) is 45.6 Å². The van der Waals surface area contributed by atoms with E-state index in [1.165, 1.54) is 12.1 Å². The molecule has 0 aliphatic carbocycles. The number of likely N-dealkylation sites (tertiary alicyclic amines) is 1. The van der Waals surface area contributed by atoms with Crippen molar-refractivity contribution < 1.29 is 9.18 Å². The number of amides is 2. The Labute approximate surface area is 236 Å². The van der Waals surface area contributed by atoms with Crippen LogP contribution in [0.5, 0.6) is 0 Å². The maximum atomic E-state index is 13.6. The number of benzene rings is 1. The molecule has 1 fully saturated rings. The topological polar surface area (TPSA) is 109 Å². The van der Waals surface area contributed by atoms with Crippen LogP contribution in [0.4, 0.5) is 9.18 Å². The zero-order valence-electron chi connectivity index (χ0n) is 23.6. The number of hydrogen-bond donors (Lipinski definition) is 3. The van der Waals surface area contributed by atoms with E-state index in [1.54, 1.807) is 36.2 Å². The molecular formula is C30H39FN8O. The van der Waals surface area contributed by atoms with Crippen LogP contribution in [-0.2, 0) is 0 Å². The van der Waals surface area contributed by atoms with Crippen molar-refractivity contribution in [1.82, 2.24) is 20.4 Å². The van der Waals surface area contributed by atoms with Crippen LogP contribution in [-0.4, -0.2) is 72.7 Å². The summed E-state index contributed by atoms with van der Waals surface area (Å²) in [5.41, 5.74) is 4.02. The predicted octanol–water partition coefficient (Wildman–Crippen LogP) is 5.12. The largest absolute Gasteiger partial charge is 0.352 e. The number of hydrogen-bond acceptors (Lipinski definition) is 5. The van der Waals surface area contributed by atoms with Crippen molar-refractivity contribution in [1.29, 1.82) is 5.41 Å². The van der Waals surface area contributed by atoms with Crippen molar-refractivity contribution in [2.24, 2.45) is 15.0 Å². The van der Waals surface area contributed by atoms with E-state index in [2.05, 4.69) is 44.9 Å². The van der Waals surface area contributed by atoms with Crippen LogP contribution < -0.4 is 10.6 Å². The molecular weight excluding hydrogens is 507 g/mol. The van der Waals surface area contributed by atoms with E-state index in [0.717, 1.165) is 42.6 Å². The van der Waals surface area contributed by atoms with Crippen molar-refractivity contribution >= 4 is 36.3 Å². The lowest BCUT2D eigenvalue weighted by Gasteiger charge is -2.33. The van der Waals surface area contributed by atoms with Gasteiger partial charge in [-0.1, -0.05) is 24.3 Å². The third-order valence-electron chi connectivity index (χ3n) is 6.62. The zero-order chi connectivity index (χ0) is 29.1. The number of piperidine rings is 1. The van der Waals surface area contributed by atoms with E-state index in [0.29, 0.717) is 36.2 Å². The summed E-state index contributed by atoms with van der Waals surface area (Å²) in [6, 6.07) is 6.06. The van der Waals surface area contributed by atoms with Gasteiger partial charge in [0, 0.05) is 37.5 Å². The normalized spacial score (nSPS) is 16.6. The van der Waals surface area contributed by atoms with Crippen LogP contribution in [0.15, 0.2) is 81.1 Å². The number of guanidine groups is 1. The van der Waals surface area contributed by atoms with Gasteiger partial charge >= 0.3 is 6.03 Å². The number of nitrogens with one attached hydrogen (secondary N) is 3. The van der Waals surface area contributed by atoms with Gasteiger partial charge in [-0.05, 0) is 77.2 Å². The van der Waals surface area contributed by atoms with E-state index < -0.39 is 0 Å². The molecule has 0 atom stereocenters. The van der Waals surface area contributed by atoms with Crippen molar-refractivity contribution in [2.45, 2.75) is 46.1 Å². The first-order chi connectivity index (χ1) is 19.2. The summed E-state index contributed by atoms with van der Waals surface area (Å²) >= 11 is 0. The Balaban J connectivity index is 1.74. The van der Waals surface area contributed by atoms with Crippen molar-refractivity contribution in [3.05, 3.63) is 77.5 Å². The molecule has 0 unspecified atom stereocenters. The number of aliphatic imine (C=N–C) groups is 3. The summed E-state index contributed by atoms with van der Waals surface area (Å²) in [7, 11) is 0. The number of allylic oxidation sites excluding steroid dienone is 3. The number of nitrogens with zero attached hydrogens (tertiary/aromatic N) is 5. The van der Waals surface area contributed by atoms with E-state index in [9.17, 15) is 9.18 Å². The maximum Gasteiger partial charge on any atom is 0.321 e. The molecule has 10 heteroatoms. The molecule has 1 aromatic rings. The first-order valence-corrected chi connectivity index (χ1v) is 13.4. The Morgan fingerprint density at radius 1 is 1.18 bits per heavy atom. The van der Waals surface area contributed by atoms with E-state index in [-0.39, 0.29) is 24.4 Å². The number of urea groups is 1. The number of carbonyl (C=O) groups is 1. The smallest absolute Gasteiger partial charge is 0.321 e. The maximum absolute atomic E-state index is 13.6. The zero-order valence-corrected chi connectivity index (χ0v) is 23.6. The predicted molar refractivity (Wildman–Crippen MR) is 162 cm³/mol. The molecule has 0 spiro atoms. The fourth-order valence-corrected chi connectivity index (χ4v) is 4.56. The lowest BCUT2D eigenvalue weighted by atomic mass is 10.1. The molecule has 3 rings (SSSR count). The van der Waals surface area contributed by atoms with E-state index in [4.69, 9.17) is 10.4 Å². The molecule has 2 aliphatic heterocycles. The lowest BCUT2D eigenvalue weighted by molar-refractivity contribution is 0.182. The van der Waals surface area contributed by atoms with Gasteiger partial charge in [-0.3, -0.25) is 4.99 Å². The minimum absolute atomic E-state index is 0.0744. The highest BCUT2D eigenvalue weighted by Gasteiger charge is 2.24. The summed E-state index contributed by atoms with van der Waals surface area (Å²) in [5.74, 6) is 0.140. The van der Waals surface area contributed by atoms with Crippen molar-refractivity contribution in [3.8, 4) is 0 Å². The fourth-order valence-electron chi connectivity index (χ4n) is 4.56. The van der Waals surface area contributed by atoms with Crippen LogP contribution in [0.25, 0.3) is 5.70 Å². The van der Waals surface area contributed by atoms with Crippen molar-refractivity contribution in [3.63, 3.8) is 0 Å². The number of carbonyl (C=O) groups excluding carboxylic acids is 1. The summed E-state index contributed by atoms with van der Waals surface area (Å²) in [4.78, 5) is 30.1. The second-order valence-electron chi connectivity index (χ2n) is 9.82. The van der Waals surface area contributed by atoms with Gasteiger partial charge in [0.15, 0.2) is 0 Å². The highest BCUT2D eigenvalue weighted by molar-refractivity contribution is 5.99. The molecule has 2 heterocycles. The molecule has 1 aromatic carbocycles. The Hall–Kier alpha value is -4.34. The fraction of sp³-hybridized carbons (Fsp3) is 0.367. The second-order valence-corrected chi connectivity index (χ2v) is 9.82. The summed E-state index contributed by atoms with van der Waals surface area (Å²) in [6.07, 6.45) is 9.60. The van der Waals surface area contributed by atoms with E-state index >= 15 is 0 Å². The monoisotopic (exact) mass is 546 g/mol. The summed E-state index contributed by atoms with van der Waals surface area (Å²) in [6.45, 7) is 15.1. The first-order valence-electron chi connectivity index (χ1n) is 13.4. The molecule has 1 saturated heterocycles. The van der Waals surface area contributed by atoms with Gasteiger partial charge in [0.05, 0.1) is 29.3 Å². The Morgan fingerprint density at radius 3 is 2.42 bits per heavy atom. The van der Waals surface area contributed by atoms with Gasteiger partial charge in [-0.25, -0.2) is 19.2 Å². The molecule has 2 amide bonds. The van der Waals surface area contributed by atoms with E-state index in [1.807, 2.05) is 20.0 Å². The van der Waals surface area contributed by atoms with Gasteiger partial charge < -0.3 is 25.8 Å². The summed E-state index contributed by atoms with van der Waals surface area (Å²) < 4.78 is 13.6. The molecule has 0 aromatic heterocycles. The van der Waals surface area contributed by atoms with Gasteiger partial charge in [0.1, 0.15) is 5.82 Å². The standard InChI is InChI=1S/C30H39FN8O/c1-6-15-34-29(36-25-13-18-39(19-14-25)30(40)37-27(21(2)3)22(4)32)35-20-26(38-16-7-8-17-38)28(33-5)23-9-11-24(31)12-10-23/h6-7,9-12,15-16,25,32H,1,5,8,13-14,17-20H2,2-4H3,(H,35,36)(H,37,40)/b28-26-,32-22?,34-15-. The average molecular weight is 547 g/mol. The van der Waals surface area contributed by atoms with Crippen molar-refractivity contribution in [2.75, 3.05) is 26.2 Å². The molecule has 2 aliphatic rings. The third kappa shape index (κ3) is 8.33. The number of halogens is 1. The van der Waals surface area contributed by atoms with Crippen LogP contribution >= 0.6 is 0 Å². The van der Waals surface area contributed by atoms with Crippen LogP contribution in [0.3, 0.4) is 0 Å². The molecule has 0 radical (unpaired) electrons. The van der Waals surface area contributed by atoms with Gasteiger partial charge in [0.2, 0.25) is 5.96 Å². The minimum atomic E-state index is -0.316. The average Bonchev–Trinajstić information content (AvgIpc) is 3.47. The van der Waals surface area contributed by atoms with Crippen LogP contribution in [0, 0.1) is 11.2 Å². The highest BCUT2D eigenvalue weighted by Crippen LogP contribution is 2.26. The first kappa shape index (κ1) is 30.2. The molecule has 3 N–H and O–H groups in total. The SMILES string of the molecule is C=C/C=N\C(=NC/C(=C(/N=C)c1ccc(F)cc1)N1C=CCC1)NC1CCN(C(=O)NC(C(C)=N)=C(C)C)CC1. The Bertz CT molecular complexity index is 1250. The molecule has 40 heavy (non-hydrogen) atoms. The molecule has 0 bridgehead atoms. The Morgan fingerprint density at radius 2 is 1.88 bits per heavy atom. The van der Waals surface area contributed by atoms with Crippen LogP contribution in [0.2, 0.25) is 0 Å². The lowest BCUT2D eigenvalue weighted by Crippen LogP contribution is -2.49. The highest BCUT2D eigenvalue weighted by atomic mass is 19.1. The second kappa shape index (κ2) is 14.7.